The number of rotatable bonds is 2. The third kappa shape index (κ3) is 1.86. The van der Waals surface area contributed by atoms with Crippen LogP contribution in [-0.2, 0) is 0 Å². The van der Waals surface area contributed by atoms with Gasteiger partial charge >= 0.3 is 0 Å². The smallest absolute Gasteiger partial charge is 0.0934 e. The molecule has 0 unspecified atom stereocenters. The van der Waals surface area contributed by atoms with Gasteiger partial charge in [-0.3, -0.25) is 0 Å². The first-order valence-electron chi connectivity index (χ1n) is 3.56. The Balaban J connectivity index is 2.98. The quantitative estimate of drug-likeness (QED) is 0.649. The summed E-state index contributed by atoms with van der Waals surface area (Å²) in [6, 6.07) is 6.03. The summed E-state index contributed by atoms with van der Waals surface area (Å²) < 4.78 is 0. The van der Waals surface area contributed by atoms with E-state index in [4.69, 9.17) is 5.26 Å². The van der Waals surface area contributed by atoms with Crippen molar-refractivity contribution in [1.82, 2.24) is 4.90 Å². The van der Waals surface area contributed by atoms with Crippen molar-refractivity contribution < 1.29 is 0 Å². The first-order valence-corrected chi connectivity index (χ1v) is 4.44. The van der Waals surface area contributed by atoms with Gasteiger partial charge in [0, 0.05) is 20.2 Å². The molecule has 1 rings (SSSR count). The molecule has 2 nitrogen and oxygen atoms in total. The van der Waals surface area contributed by atoms with Gasteiger partial charge in [0.25, 0.3) is 0 Å². The van der Waals surface area contributed by atoms with Crippen LogP contribution >= 0.6 is 11.3 Å². The number of thiophene rings is 1. The number of allylic oxidation sites excluding steroid dienone is 1. The van der Waals surface area contributed by atoms with E-state index in [0.717, 1.165) is 10.6 Å². The van der Waals surface area contributed by atoms with Crippen LogP contribution in [0.25, 0.3) is 5.70 Å². The maximum Gasteiger partial charge on any atom is 0.0934 e. The van der Waals surface area contributed by atoms with Crippen molar-refractivity contribution in [3.63, 3.8) is 0 Å². The van der Waals surface area contributed by atoms with Crippen molar-refractivity contribution in [2.45, 2.75) is 0 Å². The fraction of sp³-hybridized carbons (Fsp3) is 0.222. The summed E-state index contributed by atoms with van der Waals surface area (Å²) in [6.45, 7) is 0. The summed E-state index contributed by atoms with van der Waals surface area (Å²) in [5, 5.41) is 10.5. The molecule has 1 aromatic rings. The Hall–Kier alpha value is -1.27. The van der Waals surface area contributed by atoms with Crippen LogP contribution in [0.3, 0.4) is 0 Å². The van der Waals surface area contributed by atoms with Gasteiger partial charge in [0.2, 0.25) is 0 Å². The monoisotopic (exact) mass is 178 g/mol. The average molecular weight is 178 g/mol. The Labute approximate surface area is 76.4 Å². The molecule has 0 saturated heterocycles. The molecule has 0 aliphatic carbocycles. The Morgan fingerprint density at radius 3 is 2.83 bits per heavy atom. The molecule has 0 aliphatic rings. The third-order valence-electron chi connectivity index (χ3n) is 1.46. The molecule has 0 bridgehead atoms. The van der Waals surface area contributed by atoms with Gasteiger partial charge in [-0.15, -0.1) is 11.3 Å². The Bertz CT molecular complexity index is 304. The standard InChI is InChI=1S/C9H10N2S/c1-11(2)8(5-6-10)9-4-3-7-12-9/h3-5,7H,1-2H3/b8-5+. The van der Waals surface area contributed by atoms with Gasteiger partial charge in [0.15, 0.2) is 0 Å². The highest BCUT2D eigenvalue weighted by Crippen LogP contribution is 2.21. The summed E-state index contributed by atoms with van der Waals surface area (Å²) in [6.07, 6.45) is 1.56. The minimum atomic E-state index is 0.965. The second kappa shape index (κ2) is 3.93. The van der Waals surface area contributed by atoms with E-state index < -0.39 is 0 Å². The van der Waals surface area contributed by atoms with E-state index in [1.807, 2.05) is 42.6 Å². The number of nitriles is 1. The lowest BCUT2D eigenvalue weighted by molar-refractivity contribution is 0.594. The van der Waals surface area contributed by atoms with E-state index in [2.05, 4.69) is 0 Å². The molecule has 62 valence electrons. The minimum absolute atomic E-state index is 0.965. The molecule has 0 saturated carbocycles. The Morgan fingerprint density at radius 2 is 2.42 bits per heavy atom. The van der Waals surface area contributed by atoms with Gasteiger partial charge in [-0.1, -0.05) is 6.07 Å². The van der Waals surface area contributed by atoms with Gasteiger partial charge in [-0.25, -0.2) is 0 Å². The third-order valence-corrected chi connectivity index (χ3v) is 2.35. The topological polar surface area (TPSA) is 27.0 Å². The summed E-state index contributed by atoms with van der Waals surface area (Å²) in [5.41, 5.74) is 0.965. The maximum absolute atomic E-state index is 8.54. The highest BCUT2D eigenvalue weighted by atomic mass is 32.1. The molecule has 0 aromatic carbocycles. The Morgan fingerprint density at radius 1 is 1.67 bits per heavy atom. The highest BCUT2D eigenvalue weighted by Gasteiger charge is 2.03. The predicted octanol–water partition coefficient (Wildman–Crippen LogP) is 2.17. The summed E-state index contributed by atoms with van der Waals surface area (Å²) in [7, 11) is 3.87. The van der Waals surface area contributed by atoms with Crippen molar-refractivity contribution in [2.24, 2.45) is 0 Å². The van der Waals surface area contributed by atoms with E-state index in [1.54, 1.807) is 17.4 Å². The van der Waals surface area contributed by atoms with E-state index in [-0.39, 0.29) is 0 Å². The first-order chi connectivity index (χ1) is 5.75. The minimum Gasteiger partial charge on any atom is -0.376 e. The molecule has 3 heteroatoms. The molecular weight excluding hydrogens is 168 g/mol. The largest absolute Gasteiger partial charge is 0.376 e. The molecule has 0 radical (unpaired) electrons. The van der Waals surface area contributed by atoms with Gasteiger partial charge in [0.05, 0.1) is 16.6 Å². The SMILES string of the molecule is CN(C)/C(=C/C#N)c1cccs1. The Kier molecular flexibility index (Phi) is 2.89. The van der Waals surface area contributed by atoms with Crippen molar-refractivity contribution in [2.75, 3.05) is 14.1 Å². The second-order valence-electron chi connectivity index (χ2n) is 2.53. The fourth-order valence-corrected chi connectivity index (χ4v) is 1.73. The molecule has 0 amide bonds. The molecule has 0 fully saturated rings. The van der Waals surface area contributed by atoms with Crippen LogP contribution in [-0.4, -0.2) is 19.0 Å². The average Bonchev–Trinajstić information content (AvgIpc) is 2.51. The first kappa shape index (κ1) is 8.82. The molecule has 12 heavy (non-hydrogen) atoms. The van der Waals surface area contributed by atoms with Gasteiger partial charge in [-0.2, -0.15) is 5.26 Å². The zero-order valence-electron chi connectivity index (χ0n) is 7.11. The van der Waals surface area contributed by atoms with Crippen molar-refractivity contribution >= 4 is 17.0 Å². The van der Waals surface area contributed by atoms with Crippen LogP contribution in [0.4, 0.5) is 0 Å². The summed E-state index contributed by atoms with van der Waals surface area (Å²) >= 11 is 1.64. The molecule has 0 N–H and O–H groups in total. The number of hydrogen-bond donors (Lipinski definition) is 0. The van der Waals surface area contributed by atoms with E-state index in [0.29, 0.717) is 0 Å². The van der Waals surface area contributed by atoms with Crippen LogP contribution in [0.5, 0.6) is 0 Å². The van der Waals surface area contributed by atoms with Crippen molar-refractivity contribution in [3.8, 4) is 6.07 Å². The van der Waals surface area contributed by atoms with Crippen molar-refractivity contribution in [1.29, 1.82) is 5.26 Å². The van der Waals surface area contributed by atoms with Gasteiger partial charge < -0.3 is 4.90 Å². The molecule has 0 spiro atoms. The zero-order valence-corrected chi connectivity index (χ0v) is 7.93. The van der Waals surface area contributed by atoms with Crippen LogP contribution in [0.1, 0.15) is 4.88 Å². The van der Waals surface area contributed by atoms with Crippen LogP contribution < -0.4 is 0 Å². The van der Waals surface area contributed by atoms with Gasteiger partial charge in [-0.05, 0) is 11.4 Å². The lowest BCUT2D eigenvalue weighted by Gasteiger charge is -2.13. The molecular formula is C9H10N2S. The molecule has 0 aliphatic heterocycles. The van der Waals surface area contributed by atoms with Crippen molar-refractivity contribution in [3.05, 3.63) is 28.5 Å². The maximum atomic E-state index is 8.54. The highest BCUT2D eigenvalue weighted by molar-refractivity contribution is 7.11. The second-order valence-corrected chi connectivity index (χ2v) is 3.48. The number of nitrogens with zero attached hydrogens (tertiary/aromatic N) is 2. The predicted molar refractivity (Wildman–Crippen MR) is 51.6 cm³/mol. The van der Waals surface area contributed by atoms with Crippen LogP contribution in [0.2, 0.25) is 0 Å². The summed E-state index contributed by atoms with van der Waals surface area (Å²) in [5.74, 6) is 0. The lowest BCUT2D eigenvalue weighted by atomic mass is 10.3. The molecule has 1 heterocycles. The summed E-state index contributed by atoms with van der Waals surface area (Å²) in [4.78, 5) is 3.07. The fourth-order valence-electron chi connectivity index (χ4n) is 0.906. The number of hydrogen-bond acceptors (Lipinski definition) is 3. The normalized spacial score (nSPS) is 10.9. The van der Waals surface area contributed by atoms with E-state index in [9.17, 15) is 0 Å². The van der Waals surface area contributed by atoms with Crippen LogP contribution in [0, 0.1) is 11.3 Å². The molecule has 0 atom stereocenters. The van der Waals surface area contributed by atoms with E-state index >= 15 is 0 Å². The zero-order chi connectivity index (χ0) is 8.97. The van der Waals surface area contributed by atoms with E-state index in [1.165, 1.54) is 0 Å². The van der Waals surface area contributed by atoms with Gasteiger partial charge in [0.1, 0.15) is 0 Å². The lowest BCUT2D eigenvalue weighted by Crippen LogP contribution is -2.08. The molecule has 1 aromatic heterocycles. The van der Waals surface area contributed by atoms with Crippen LogP contribution in [0.15, 0.2) is 23.6 Å².